The smallest absolute Gasteiger partial charge is 0.00651 e. The van der Waals surface area contributed by atoms with Crippen LogP contribution in [0.1, 0.15) is 19.8 Å². The van der Waals surface area contributed by atoms with E-state index in [1.54, 1.807) is 0 Å². The summed E-state index contributed by atoms with van der Waals surface area (Å²) < 4.78 is 0. The van der Waals surface area contributed by atoms with Gasteiger partial charge in [0.05, 0.1) is 0 Å². The van der Waals surface area contributed by atoms with E-state index < -0.39 is 6.19 Å². The van der Waals surface area contributed by atoms with Crippen LogP contribution < -0.4 is 5.09 Å². The van der Waals surface area contributed by atoms with Gasteiger partial charge in [-0.1, -0.05) is 25.2 Å². The molecule has 0 bridgehead atoms. The molecule has 0 amide bonds. The van der Waals surface area contributed by atoms with Crippen LogP contribution in [0.5, 0.6) is 0 Å². The fraction of sp³-hybridized carbons (Fsp3) is 1.00. The average molecular weight is 165 g/mol. The van der Waals surface area contributed by atoms with Crippen molar-refractivity contribution >= 4 is 18.0 Å². The van der Waals surface area contributed by atoms with Crippen LogP contribution in [0, 0.1) is 0 Å². The zero-order valence-corrected chi connectivity index (χ0v) is 8.19. The Labute approximate surface area is 63.3 Å². The summed E-state index contributed by atoms with van der Waals surface area (Å²) in [5, 5.41) is 3.35. The van der Waals surface area contributed by atoms with Crippen molar-refractivity contribution in [3.63, 3.8) is 0 Å². The van der Waals surface area contributed by atoms with E-state index in [1.165, 1.54) is 12.8 Å². The van der Waals surface area contributed by atoms with E-state index in [2.05, 4.69) is 25.3 Å². The molecule has 0 atom stereocenters. The zero-order valence-electron chi connectivity index (χ0n) is 6.48. The summed E-state index contributed by atoms with van der Waals surface area (Å²) in [6.45, 7) is 7.53. The van der Waals surface area contributed by atoms with Crippen molar-refractivity contribution in [3.8, 4) is 0 Å². The van der Waals surface area contributed by atoms with Crippen molar-refractivity contribution in [2.45, 2.75) is 19.8 Å². The van der Waals surface area contributed by atoms with Gasteiger partial charge in [-0.25, -0.2) is 0 Å². The number of hydrogen-bond acceptors (Lipinski definition) is 1. The van der Waals surface area contributed by atoms with Gasteiger partial charge in [0, 0.05) is 6.19 Å². The summed E-state index contributed by atoms with van der Waals surface area (Å²) in [7, 11) is 0. The van der Waals surface area contributed by atoms with Crippen molar-refractivity contribution in [2.24, 2.45) is 0 Å². The van der Waals surface area contributed by atoms with Crippen LogP contribution in [0.4, 0.5) is 0 Å². The van der Waals surface area contributed by atoms with Gasteiger partial charge in [-0.3, -0.25) is 5.09 Å². The van der Waals surface area contributed by atoms with E-state index in [1.807, 2.05) is 0 Å². The molecular weight excluding hydrogens is 149 g/mol. The molecule has 0 radical (unpaired) electrons. The molecule has 0 aliphatic heterocycles. The van der Waals surface area contributed by atoms with Gasteiger partial charge >= 0.3 is 0 Å². The normalized spacial score (nSPS) is 11.9. The molecule has 0 fully saturated rings. The Hall–Kier alpha value is 0.610. The monoisotopic (exact) mass is 165 g/mol. The highest BCUT2D eigenvalue weighted by atomic mass is 32.4. The Kier molecular flexibility index (Phi) is 4.73. The summed E-state index contributed by atoms with van der Waals surface area (Å²) in [4.78, 5) is 0. The van der Waals surface area contributed by atoms with Crippen LogP contribution in [0.15, 0.2) is 0 Å². The van der Waals surface area contributed by atoms with E-state index in [0.29, 0.717) is 0 Å². The second-order valence-electron chi connectivity index (χ2n) is 2.61. The van der Waals surface area contributed by atoms with E-state index >= 15 is 0 Å². The topological polar surface area (TPSA) is 12.0 Å². The van der Waals surface area contributed by atoms with Gasteiger partial charge < -0.3 is 0 Å². The molecule has 0 aromatic rings. The largest absolute Gasteiger partial charge is 0.289 e. The molecule has 0 aliphatic carbocycles. The maximum atomic E-state index is 5.20. The Morgan fingerprint density at radius 2 is 2.00 bits per heavy atom. The molecule has 1 N–H and O–H groups in total. The second-order valence-corrected chi connectivity index (χ2v) is 8.37. The number of hydrogen-bond donors (Lipinski definition) is 1. The fourth-order valence-corrected chi connectivity index (χ4v) is 1.50. The Morgan fingerprint density at radius 3 is 2.33 bits per heavy atom. The number of nitrogens with one attached hydrogen (secondary N) is 1. The average Bonchev–Trinajstić information content (AvgIpc) is 1.63. The van der Waals surface area contributed by atoms with Crippen LogP contribution in [0.2, 0.25) is 0 Å². The third kappa shape index (κ3) is 8.61. The highest BCUT2D eigenvalue weighted by Crippen LogP contribution is 2.29. The first kappa shape index (κ1) is 9.61. The summed E-state index contributed by atoms with van der Waals surface area (Å²) in [6.07, 6.45) is 1.39. The molecule has 1 nitrogen and oxygen atoms in total. The molecule has 3 heteroatoms. The highest BCUT2D eigenvalue weighted by Gasteiger charge is 1.96. The van der Waals surface area contributed by atoms with Crippen molar-refractivity contribution < 1.29 is 0 Å². The predicted octanol–water partition coefficient (Wildman–Crippen LogP) is 2.03. The molecule has 0 saturated carbocycles. The molecule has 0 saturated heterocycles. The first-order valence-electron chi connectivity index (χ1n) is 3.36. The first-order chi connectivity index (χ1) is 4.06. The summed E-state index contributed by atoms with van der Waals surface area (Å²) in [6, 6.07) is 0. The van der Waals surface area contributed by atoms with Gasteiger partial charge in [0.1, 0.15) is 0 Å². The maximum Gasteiger partial charge on any atom is 0.00651 e. The van der Waals surface area contributed by atoms with Crippen LogP contribution in [0.25, 0.3) is 0 Å². The van der Waals surface area contributed by atoms with Crippen LogP contribution >= 0.6 is 6.19 Å². The predicted molar refractivity (Wildman–Crippen MR) is 49.0 cm³/mol. The number of rotatable bonds is 4. The van der Waals surface area contributed by atoms with Crippen LogP contribution in [-0.2, 0) is 11.8 Å². The lowest BCUT2D eigenvalue weighted by molar-refractivity contribution is 0.771. The Morgan fingerprint density at radius 1 is 1.44 bits per heavy atom. The zero-order chi connectivity index (χ0) is 7.33. The molecule has 0 aromatic carbocycles. The first-order valence-corrected chi connectivity index (χ1v) is 7.06. The summed E-state index contributed by atoms with van der Waals surface area (Å²) in [5.74, 6) is 0. The minimum Gasteiger partial charge on any atom is -0.289 e. The fourth-order valence-electron chi connectivity index (χ4n) is 0.525. The Bertz CT molecular complexity index is 108. The minimum absolute atomic E-state index is 1.10. The van der Waals surface area contributed by atoms with Gasteiger partial charge in [0.25, 0.3) is 0 Å². The maximum absolute atomic E-state index is 5.20. The van der Waals surface area contributed by atoms with Gasteiger partial charge in [-0.2, -0.15) is 0 Å². The SMILES string of the molecule is CCCCNP(C)(C)=S. The van der Waals surface area contributed by atoms with E-state index in [0.717, 1.165) is 6.54 Å². The molecule has 56 valence electrons. The van der Waals surface area contributed by atoms with E-state index in [9.17, 15) is 0 Å². The van der Waals surface area contributed by atoms with E-state index in [-0.39, 0.29) is 0 Å². The van der Waals surface area contributed by atoms with Gasteiger partial charge in [-0.05, 0) is 26.3 Å². The van der Waals surface area contributed by atoms with E-state index in [4.69, 9.17) is 11.8 Å². The lowest BCUT2D eigenvalue weighted by Gasteiger charge is -2.10. The molecule has 0 heterocycles. The van der Waals surface area contributed by atoms with Crippen LogP contribution in [-0.4, -0.2) is 19.9 Å². The second kappa shape index (κ2) is 4.43. The van der Waals surface area contributed by atoms with Gasteiger partial charge in [0.15, 0.2) is 0 Å². The van der Waals surface area contributed by atoms with Gasteiger partial charge in [-0.15, -0.1) is 0 Å². The van der Waals surface area contributed by atoms with Crippen molar-refractivity contribution in [1.29, 1.82) is 0 Å². The number of unbranched alkanes of at least 4 members (excludes halogenated alkanes) is 1. The quantitative estimate of drug-likeness (QED) is 0.505. The summed E-state index contributed by atoms with van der Waals surface area (Å²) in [5.41, 5.74) is 0. The third-order valence-corrected chi connectivity index (χ3v) is 2.40. The molecule has 0 rings (SSSR count). The summed E-state index contributed by atoms with van der Waals surface area (Å²) >= 11 is 5.20. The molecule has 0 aliphatic rings. The van der Waals surface area contributed by atoms with Crippen molar-refractivity contribution in [1.82, 2.24) is 5.09 Å². The van der Waals surface area contributed by atoms with Crippen molar-refractivity contribution in [2.75, 3.05) is 19.9 Å². The van der Waals surface area contributed by atoms with Crippen molar-refractivity contribution in [3.05, 3.63) is 0 Å². The molecular formula is C6H16NPS. The molecule has 0 spiro atoms. The standard InChI is InChI=1S/C6H16NPS/c1-4-5-6-7-8(2,3)9/h4-6H2,1-3H3,(H,7,9). The van der Waals surface area contributed by atoms with Gasteiger partial charge in [0.2, 0.25) is 0 Å². The lowest BCUT2D eigenvalue weighted by atomic mass is 10.3. The minimum atomic E-state index is -1.11. The van der Waals surface area contributed by atoms with Crippen LogP contribution in [0.3, 0.4) is 0 Å². The molecule has 0 unspecified atom stereocenters. The molecule has 0 aromatic heterocycles. The molecule has 9 heavy (non-hydrogen) atoms. The lowest BCUT2D eigenvalue weighted by Crippen LogP contribution is -2.09. The third-order valence-electron chi connectivity index (χ3n) is 1.02. The highest BCUT2D eigenvalue weighted by molar-refractivity contribution is 8.13. The Balaban J connectivity index is 3.18.